The number of halogens is 1. The number of thiophene rings is 1. The standard InChI is InChI=1S/C22H21FN2O4S/c1-13-6-4-7-14(2)21(13)24-19(26)11-25(3)20(27)12-29-22(28)18-10-15-16(23)8-5-9-17(15)30-18/h4-10H,11-12H2,1-3H3,(H,24,26). The van der Waals surface area contributed by atoms with Crippen LogP contribution >= 0.6 is 11.3 Å². The maximum Gasteiger partial charge on any atom is 0.348 e. The summed E-state index contributed by atoms with van der Waals surface area (Å²) in [5, 5.41) is 3.14. The molecule has 3 aromatic rings. The minimum Gasteiger partial charge on any atom is -0.451 e. The van der Waals surface area contributed by atoms with Gasteiger partial charge in [0.15, 0.2) is 6.61 Å². The average Bonchev–Trinajstić information content (AvgIpc) is 3.14. The number of nitrogens with zero attached hydrogens (tertiary/aromatic N) is 1. The summed E-state index contributed by atoms with van der Waals surface area (Å²) in [6.07, 6.45) is 0. The van der Waals surface area contributed by atoms with Gasteiger partial charge < -0.3 is 15.0 Å². The Hall–Kier alpha value is -3.26. The van der Waals surface area contributed by atoms with Crippen molar-refractivity contribution in [3.8, 4) is 0 Å². The molecule has 0 atom stereocenters. The molecule has 0 saturated carbocycles. The summed E-state index contributed by atoms with van der Waals surface area (Å²) in [4.78, 5) is 38.1. The Morgan fingerprint density at radius 3 is 2.43 bits per heavy atom. The van der Waals surface area contributed by atoms with Crippen LogP contribution in [0.15, 0.2) is 42.5 Å². The lowest BCUT2D eigenvalue weighted by molar-refractivity contribution is -0.136. The average molecular weight is 428 g/mol. The number of hydrogen-bond donors (Lipinski definition) is 1. The zero-order valence-electron chi connectivity index (χ0n) is 16.8. The van der Waals surface area contributed by atoms with Crippen LogP contribution in [0, 0.1) is 19.7 Å². The van der Waals surface area contributed by atoms with E-state index in [2.05, 4.69) is 5.32 Å². The van der Waals surface area contributed by atoms with Gasteiger partial charge in [0.05, 0.1) is 6.54 Å². The van der Waals surface area contributed by atoms with Crippen molar-refractivity contribution in [3.05, 3.63) is 64.3 Å². The molecular weight excluding hydrogens is 407 g/mol. The van der Waals surface area contributed by atoms with E-state index in [9.17, 15) is 18.8 Å². The van der Waals surface area contributed by atoms with Crippen LogP contribution in [-0.4, -0.2) is 42.9 Å². The molecule has 0 aliphatic carbocycles. The number of ether oxygens (including phenoxy) is 1. The smallest absolute Gasteiger partial charge is 0.348 e. The predicted molar refractivity (Wildman–Crippen MR) is 114 cm³/mol. The Labute approximate surface area is 177 Å². The van der Waals surface area contributed by atoms with Gasteiger partial charge in [-0.1, -0.05) is 24.3 Å². The highest BCUT2D eigenvalue weighted by Gasteiger charge is 2.18. The van der Waals surface area contributed by atoms with Gasteiger partial charge in [-0.25, -0.2) is 9.18 Å². The third-order valence-corrected chi connectivity index (χ3v) is 5.67. The SMILES string of the molecule is Cc1cccc(C)c1NC(=O)CN(C)C(=O)COC(=O)c1cc2c(F)cccc2s1. The molecule has 0 bridgehead atoms. The zero-order valence-corrected chi connectivity index (χ0v) is 17.6. The van der Waals surface area contributed by atoms with Crippen LogP contribution in [0.1, 0.15) is 20.8 Å². The predicted octanol–water partition coefficient (Wildman–Crippen LogP) is 3.91. The number of rotatable bonds is 6. The largest absolute Gasteiger partial charge is 0.451 e. The number of esters is 1. The molecule has 0 aliphatic heterocycles. The summed E-state index contributed by atoms with van der Waals surface area (Å²) < 4.78 is 19.4. The minimum absolute atomic E-state index is 0.182. The number of benzene rings is 2. The fourth-order valence-electron chi connectivity index (χ4n) is 2.93. The molecule has 30 heavy (non-hydrogen) atoms. The number of para-hydroxylation sites is 1. The first-order valence-corrected chi connectivity index (χ1v) is 10.0. The quantitative estimate of drug-likeness (QED) is 0.604. The highest BCUT2D eigenvalue weighted by molar-refractivity contribution is 7.20. The van der Waals surface area contributed by atoms with Gasteiger partial charge in [0.1, 0.15) is 10.7 Å². The summed E-state index contributed by atoms with van der Waals surface area (Å²) in [5.74, 6) is -2.01. The number of carbonyl (C=O) groups excluding carboxylic acids is 3. The number of fused-ring (bicyclic) bond motifs is 1. The van der Waals surface area contributed by atoms with Crippen LogP contribution in [-0.2, 0) is 14.3 Å². The van der Waals surface area contributed by atoms with Crippen LogP contribution in [0.4, 0.5) is 10.1 Å². The molecule has 0 spiro atoms. The first-order chi connectivity index (χ1) is 14.3. The van der Waals surface area contributed by atoms with E-state index in [1.807, 2.05) is 32.0 Å². The van der Waals surface area contributed by atoms with Crippen molar-refractivity contribution in [3.63, 3.8) is 0 Å². The molecule has 1 aromatic heterocycles. The highest BCUT2D eigenvalue weighted by Crippen LogP contribution is 2.28. The Morgan fingerprint density at radius 2 is 1.77 bits per heavy atom. The lowest BCUT2D eigenvalue weighted by atomic mass is 10.1. The van der Waals surface area contributed by atoms with Gasteiger partial charge in [-0.15, -0.1) is 11.3 Å². The molecule has 2 aromatic carbocycles. The molecular formula is C22H21FN2O4S. The van der Waals surface area contributed by atoms with Crippen molar-refractivity contribution < 1.29 is 23.5 Å². The van der Waals surface area contributed by atoms with Crippen molar-refractivity contribution in [1.82, 2.24) is 4.90 Å². The van der Waals surface area contributed by atoms with E-state index in [1.54, 1.807) is 12.1 Å². The maximum atomic E-state index is 13.8. The summed E-state index contributed by atoms with van der Waals surface area (Å²) in [5.41, 5.74) is 2.56. The second kappa shape index (κ2) is 9.04. The van der Waals surface area contributed by atoms with Gasteiger partial charge in [0.25, 0.3) is 5.91 Å². The molecule has 0 fully saturated rings. The van der Waals surface area contributed by atoms with Gasteiger partial charge in [0, 0.05) is 22.8 Å². The second-order valence-corrected chi connectivity index (χ2v) is 7.99. The lowest BCUT2D eigenvalue weighted by Crippen LogP contribution is -2.37. The van der Waals surface area contributed by atoms with Gasteiger partial charge in [0.2, 0.25) is 5.91 Å². The van der Waals surface area contributed by atoms with Gasteiger partial charge in [-0.05, 0) is 43.2 Å². The molecule has 8 heteroatoms. The molecule has 1 heterocycles. The molecule has 0 unspecified atom stereocenters. The summed E-state index contributed by atoms with van der Waals surface area (Å²) in [6.45, 7) is 3.08. The van der Waals surface area contributed by atoms with Crippen LogP contribution in [0.2, 0.25) is 0 Å². The van der Waals surface area contributed by atoms with E-state index >= 15 is 0 Å². The first-order valence-electron chi connectivity index (χ1n) is 9.21. The number of likely N-dealkylation sites (N-methyl/N-ethyl adjacent to an activating group) is 1. The van der Waals surface area contributed by atoms with Crippen LogP contribution in [0.25, 0.3) is 10.1 Å². The Kier molecular flexibility index (Phi) is 6.47. The van der Waals surface area contributed by atoms with Crippen molar-refractivity contribution in [2.24, 2.45) is 0 Å². The van der Waals surface area contributed by atoms with Gasteiger partial charge >= 0.3 is 5.97 Å². The molecule has 0 aliphatic rings. The molecule has 2 amide bonds. The normalized spacial score (nSPS) is 10.7. The van der Waals surface area contributed by atoms with E-state index in [0.717, 1.165) is 22.5 Å². The van der Waals surface area contributed by atoms with Crippen LogP contribution in [0.3, 0.4) is 0 Å². The van der Waals surface area contributed by atoms with Crippen molar-refractivity contribution >= 4 is 44.9 Å². The molecule has 3 rings (SSSR count). The van der Waals surface area contributed by atoms with E-state index < -0.39 is 24.3 Å². The van der Waals surface area contributed by atoms with Gasteiger partial charge in [-0.2, -0.15) is 0 Å². The monoisotopic (exact) mass is 428 g/mol. The van der Waals surface area contributed by atoms with Gasteiger partial charge in [-0.3, -0.25) is 9.59 Å². The fraction of sp³-hybridized carbons (Fsp3) is 0.227. The third-order valence-electron chi connectivity index (χ3n) is 4.59. The van der Waals surface area contributed by atoms with E-state index in [0.29, 0.717) is 15.8 Å². The Balaban J connectivity index is 1.54. The van der Waals surface area contributed by atoms with Crippen molar-refractivity contribution in [2.75, 3.05) is 25.5 Å². The number of anilines is 1. The molecule has 156 valence electrons. The Morgan fingerprint density at radius 1 is 1.10 bits per heavy atom. The Bertz CT molecular complexity index is 1110. The number of aryl methyl sites for hydroxylation is 2. The van der Waals surface area contributed by atoms with Crippen molar-refractivity contribution in [1.29, 1.82) is 0 Å². The number of amides is 2. The third kappa shape index (κ3) is 4.83. The number of hydrogen-bond acceptors (Lipinski definition) is 5. The zero-order chi connectivity index (χ0) is 21.8. The fourth-order valence-corrected chi connectivity index (χ4v) is 3.90. The number of nitrogens with one attached hydrogen (secondary N) is 1. The van der Waals surface area contributed by atoms with E-state index in [4.69, 9.17) is 4.74 Å². The second-order valence-electron chi connectivity index (χ2n) is 6.90. The molecule has 0 saturated heterocycles. The van der Waals surface area contributed by atoms with Crippen LogP contribution < -0.4 is 5.32 Å². The minimum atomic E-state index is -0.711. The highest BCUT2D eigenvalue weighted by atomic mass is 32.1. The van der Waals surface area contributed by atoms with Crippen molar-refractivity contribution in [2.45, 2.75) is 13.8 Å². The van der Waals surface area contributed by atoms with E-state index in [1.165, 1.54) is 24.1 Å². The lowest BCUT2D eigenvalue weighted by Gasteiger charge is -2.18. The summed E-state index contributed by atoms with van der Waals surface area (Å²) in [6, 6.07) is 11.7. The molecule has 6 nitrogen and oxygen atoms in total. The maximum absolute atomic E-state index is 13.8. The number of carbonyl (C=O) groups is 3. The van der Waals surface area contributed by atoms with Crippen LogP contribution in [0.5, 0.6) is 0 Å². The molecule has 0 radical (unpaired) electrons. The first kappa shape index (κ1) is 21.4. The summed E-state index contributed by atoms with van der Waals surface area (Å²) >= 11 is 1.09. The topological polar surface area (TPSA) is 75.7 Å². The summed E-state index contributed by atoms with van der Waals surface area (Å²) in [7, 11) is 1.45. The molecule has 1 N–H and O–H groups in total. The van der Waals surface area contributed by atoms with E-state index in [-0.39, 0.29) is 17.3 Å².